The van der Waals surface area contributed by atoms with Gasteiger partial charge in [0, 0.05) is 37.1 Å². The summed E-state index contributed by atoms with van der Waals surface area (Å²) in [7, 11) is 0. The molecule has 0 radical (unpaired) electrons. The fraction of sp³-hybridized carbons (Fsp3) is 0.545. The molecular weight excluding hydrogens is 420 g/mol. The van der Waals surface area contributed by atoms with Crippen molar-refractivity contribution >= 4 is 35.6 Å². The van der Waals surface area contributed by atoms with Gasteiger partial charge in [0.05, 0.1) is 12.1 Å². The SMILES string of the molecule is CC(COC(=O)CCCCCCC(=O)OCC(C)N1C(=O)C=CC1=O)N1C(=O)C=CC1=O. The molecule has 2 rings (SSSR count). The molecular formula is C22H28N2O8. The molecule has 2 aliphatic rings. The number of hydrogen-bond donors (Lipinski definition) is 0. The third-order valence-corrected chi connectivity index (χ3v) is 5.05. The van der Waals surface area contributed by atoms with Gasteiger partial charge in [0.1, 0.15) is 13.2 Å². The fourth-order valence-electron chi connectivity index (χ4n) is 3.31. The molecule has 32 heavy (non-hydrogen) atoms. The number of esters is 2. The van der Waals surface area contributed by atoms with Gasteiger partial charge in [-0.05, 0) is 26.7 Å². The highest BCUT2D eigenvalue weighted by Crippen LogP contribution is 2.12. The molecule has 2 unspecified atom stereocenters. The van der Waals surface area contributed by atoms with Gasteiger partial charge in [-0.3, -0.25) is 38.6 Å². The second-order valence-corrected chi connectivity index (χ2v) is 7.74. The molecule has 2 aliphatic heterocycles. The minimum Gasteiger partial charge on any atom is -0.463 e. The smallest absolute Gasteiger partial charge is 0.305 e. The van der Waals surface area contributed by atoms with Crippen LogP contribution in [0.25, 0.3) is 0 Å². The van der Waals surface area contributed by atoms with E-state index in [4.69, 9.17) is 9.47 Å². The van der Waals surface area contributed by atoms with E-state index in [-0.39, 0.29) is 26.1 Å². The summed E-state index contributed by atoms with van der Waals surface area (Å²) < 4.78 is 10.3. The van der Waals surface area contributed by atoms with Crippen molar-refractivity contribution in [3.63, 3.8) is 0 Å². The number of unbranched alkanes of at least 4 members (excludes halogenated alkanes) is 3. The molecule has 10 nitrogen and oxygen atoms in total. The van der Waals surface area contributed by atoms with E-state index < -0.39 is 47.7 Å². The molecule has 0 saturated heterocycles. The van der Waals surface area contributed by atoms with Crippen LogP contribution in [0.5, 0.6) is 0 Å². The van der Waals surface area contributed by atoms with Crippen LogP contribution >= 0.6 is 0 Å². The zero-order valence-corrected chi connectivity index (χ0v) is 18.3. The van der Waals surface area contributed by atoms with Crippen molar-refractivity contribution in [3.05, 3.63) is 24.3 Å². The number of hydrogen-bond acceptors (Lipinski definition) is 8. The van der Waals surface area contributed by atoms with E-state index in [0.29, 0.717) is 12.8 Å². The maximum absolute atomic E-state index is 11.8. The molecule has 0 bridgehead atoms. The minimum atomic E-state index is -0.527. The lowest BCUT2D eigenvalue weighted by Gasteiger charge is -2.22. The van der Waals surface area contributed by atoms with Crippen molar-refractivity contribution in [2.24, 2.45) is 0 Å². The van der Waals surface area contributed by atoms with Crippen LogP contribution in [0.2, 0.25) is 0 Å². The lowest BCUT2D eigenvalue weighted by Crippen LogP contribution is -2.41. The summed E-state index contributed by atoms with van der Waals surface area (Å²) in [6.45, 7) is 3.17. The lowest BCUT2D eigenvalue weighted by molar-refractivity contribution is -0.150. The van der Waals surface area contributed by atoms with Gasteiger partial charge in [-0.25, -0.2) is 0 Å². The van der Waals surface area contributed by atoms with Crippen molar-refractivity contribution in [2.45, 2.75) is 64.5 Å². The van der Waals surface area contributed by atoms with E-state index >= 15 is 0 Å². The van der Waals surface area contributed by atoms with Crippen molar-refractivity contribution in [1.82, 2.24) is 9.80 Å². The van der Waals surface area contributed by atoms with E-state index in [1.165, 1.54) is 24.3 Å². The Kier molecular flexibility index (Phi) is 9.30. The first-order valence-corrected chi connectivity index (χ1v) is 10.6. The predicted octanol–water partition coefficient (Wildman–Crippen LogP) is 1.04. The van der Waals surface area contributed by atoms with Gasteiger partial charge in [-0.2, -0.15) is 0 Å². The lowest BCUT2D eigenvalue weighted by atomic mass is 10.1. The zero-order chi connectivity index (χ0) is 23.7. The maximum atomic E-state index is 11.8. The first-order valence-electron chi connectivity index (χ1n) is 10.6. The molecule has 0 aromatic rings. The maximum Gasteiger partial charge on any atom is 0.305 e. The first-order chi connectivity index (χ1) is 15.2. The van der Waals surface area contributed by atoms with Gasteiger partial charge < -0.3 is 9.47 Å². The Hall–Kier alpha value is -3.30. The van der Waals surface area contributed by atoms with Crippen LogP contribution in [0.15, 0.2) is 24.3 Å². The van der Waals surface area contributed by atoms with Gasteiger partial charge in [0.2, 0.25) is 0 Å². The molecule has 0 saturated carbocycles. The van der Waals surface area contributed by atoms with Crippen molar-refractivity contribution in [2.75, 3.05) is 13.2 Å². The molecule has 0 aromatic heterocycles. The number of amides is 4. The number of nitrogens with zero attached hydrogens (tertiary/aromatic N) is 2. The molecule has 2 atom stereocenters. The Bertz CT molecular complexity index is 728. The third kappa shape index (κ3) is 7.14. The van der Waals surface area contributed by atoms with Gasteiger partial charge >= 0.3 is 11.9 Å². The van der Waals surface area contributed by atoms with Gasteiger partial charge in [-0.15, -0.1) is 0 Å². The monoisotopic (exact) mass is 448 g/mol. The summed E-state index contributed by atoms with van der Waals surface area (Å²) in [5.41, 5.74) is 0. The number of imide groups is 2. The fourth-order valence-corrected chi connectivity index (χ4v) is 3.31. The predicted molar refractivity (Wildman–Crippen MR) is 111 cm³/mol. The Labute approximate surface area is 186 Å². The summed E-state index contributed by atoms with van der Waals surface area (Å²) in [5, 5.41) is 0. The van der Waals surface area contributed by atoms with E-state index in [1.54, 1.807) is 13.8 Å². The highest BCUT2D eigenvalue weighted by Gasteiger charge is 2.30. The van der Waals surface area contributed by atoms with Gasteiger partial charge in [0.15, 0.2) is 0 Å². The first kappa shape index (κ1) is 25.0. The minimum absolute atomic E-state index is 0.0487. The van der Waals surface area contributed by atoms with Crippen molar-refractivity contribution < 1.29 is 38.2 Å². The normalized spacial score (nSPS) is 17.3. The summed E-state index contributed by atoms with van der Waals surface area (Å²) >= 11 is 0. The van der Waals surface area contributed by atoms with E-state index in [2.05, 4.69) is 0 Å². The molecule has 2 heterocycles. The average molecular weight is 448 g/mol. The second kappa shape index (κ2) is 11.9. The summed E-state index contributed by atoms with van der Waals surface area (Å²) in [6, 6.07) is -1.05. The molecule has 0 aliphatic carbocycles. The molecule has 0 N–H and O–H groups in total. The summed E-state index contributed by atoms with van der Waals surface area (Å²) in [4.78, 5) is 72.0. The van der Waals surface area contributed by atoms with Crippen LogP contribution in [0.1, 0.15) is 52.4 Å². The zero-order valence-electron chi connectivity index (χ0n) is 18.3. The van der Waals surface area contributed by atoms with Crippen LogP contribution in [-0.2, 0) is 38.2 Å². The van der Waals surface area contributed by atoms with Crippen LogP contribution in [0.4, 0.5) is 0 Å². The highest BCUT2D eigenvalue weighted by molar-refractivity contribution is 6.13. The van der Waals surface area contributed by atoms with Crippen molar-refractivity contribution in [1.29, 1.82) is 0 Å². The van der Waals surface area contributed by atoms with E-state index in [1.807, 2.05) is 0 Å². The Morgan fingerprint density at radius 1 is 0.656 bits per heavy atom. The number of carbonyl (C=O) groups excluding carboxylic acids is 6. The van der Waals surface area contributed by atoms with Crippen molar-refractivity contribution in [3.8, 4) is 0 Å². The molecule has 0 fully saturated rings. The van der Waals surface area contributed by atoms with Crippen LogP contribution in [0.3, 0.4) is 0 Å². The Balaban J connectivity index is 1.49. The second-order valence-electron chi connectivity index (χ2n) is 7.74. The van der Waals surface area contributed by atoms with Gasteiger partial charge in [0.25, 0.3) is 23.6 Å². The molecule has 0 aromatic carbocycles. The van der Waals surface area contributed by atoms with Crippen LogP contribution < -0.4 is 0 Å². The standard InChI is InChI=1S/C22H28N2O8/c1-15(23-17(25)9-10-18(23)26)13-31-21(29)7-5-3-4-6-8-22(30)32-14-16(2)24-19(27)11-12-20(24)28/h9-12,15-16H,3-8,13-14H2,1-2H3. The number of rotatable bonds is 13. The van der Waals surface area contributed by atoms with Crippen LogP contribution in [-0.4, -0.2) is 70.7 Å². The Morgan fingerprint density at radius 2 is 0.969 bits per heavy atom. The van der Waals surface area contributed by atoms with Crippen LogP contribution in [0, 0.1) is 0 Å². The van der Waals surface area contributed by atoms with E-state index in [0.717, 1.165) is 22.6 Å². The molecule has 4 amide bonds. The highest BCUT2D eigenvalue weighted by atomic mass is 16.5. The van der Waals surface area contributed by atoms with Gasteiger partial charge in [-0.1, -0.05) is 12.8 Å². The number of carbonyl (C=O) groups is 6. The third-order valence-electron chi connectivity index (χ3n) is 5.05. The summed E-state index contributed by atoms with van der Waals surface area (Å²) in [6.07, 6.45) is 7.79. The molecule has 10 heteroatoms. The summed E-state index contributed by atoms with van der Waals surface area (Å²) in [5.74, 6) is -2.47. The largest absolute Gasteiger partial charge is 0.463 e. The number of ether oxygens (including phenoxy) is 2. The molecule has 0 spiro atoms. The van der Waals surface area contributed by atoms with E-state index in [9.17, 15) is 28.8 Å². The average Bonchev–Trinajstić information content (AvgIpc) is 3.27. The molecule has 174 valence electrons. The quantitative estimate of drug-likeness (QED) is 0.232. The Morgan fingerprint density at radius 3 is 1.28 bits per heavy atom. The topological polar surface area (TPSA) is 127 Å².